The van der Waals surface area contributed by atoms with Crippen molar-refractivity contribution < 1.29 is 17.6 Å². The minimum atomic E-state index is -4.30. The van der Waals surface area contributed by atoms with Gasteiger partial charge in [-0.3, -0.25) is 0 Å². The number of hydrogen-bond acceptors (Lipinski definition) is 1. The van der Waals surface area contributed by atoms with E-state index in [-0.39, 0.29) is 18.5 Å². The molecule has 1 rings (SSSR count). The number of halogens is 4. The van der Waals surface area contributed by atoms with Crippen LogP contribution in [0.5, 0.6) is 0 Å². The summed E-state index contributed by atoms with van der Waals surface area (Å²) >= 11 is 0. The van der Waals surface area contributed by atoms with E-state index in [2.05, 4.69) is 5.32 Å². The maximum atomic E-state index is 12.7. The average molecular weight is 235 g/mol. The fraction of sp³-hybridized carbons (Fsp3) is 0.455. The fourth-order valence-electron chi connectivity index (χ4n) is 1.50. The third-order valence-corrected chi connectivity index (χ3v) is 2.35. The first kappa shape index (κ1) is 13.0. The summed E-state index contributed by atoms with van der Waals surface area (Å²) in [7, 11) is 1.60. The van der Waals surface area contributed by atoms with Crippen LogP contribution in [0, 0.1) is 5.82 Å². The summed E-state index contributed by atoms with van der Waals surface area (Å²) < 4.78 is 50.7. The molecule has 0 spiro atoms. The van der Waals surface area contributed by atoms with Crippen molar-refractivity contribution in [2.45, 2.75) is 18.5 Å². The molecule has 1 atom stereocenters. The Balaban J connectivity index is 2.88. The van der Waals surface area contributed by atoms with Crippen molar-refractivity contribution in [2.24, 2.45) is 0 Å². The lowest BCUT2D eigenvalue weighted by Crippen LogP contribution is -2.24. The summed E-state index contributed by atoms with van der Waals surface area (Å²) in [4.78, 5) is 0. The van der Waals surface area contributed by atoms with E-state index in [1.54, 1.807) is 7.05 Å². The van der Waals surface area contributed by atoms with Crippen LogP contribution in [-0.4, -0.2) is 19.8 Å². The Labute approximate surface area is 91.5 Å². The van der Waals surface area contributed by atoms with Crippen molar-refractivity contribution in [2.75, 3.05) is 13.6 Å². The maximum absolute atomic E-state index is 12.7. The second-order valence-corrected chi connectivity index (χ2v) is 3.54. The zero-order chi connectivity index (χ0) is 12.2. The number of benzene rings is 1. The van der Waals surface area contributed by atoms with Crippen LogP contribution in [0.3, 0.4) is 0 Å². The molecule has 1 aromatic rings. The highest BCUT2D eigenvalue weighted by Gasteiger charge is 2.39. The molecule has 90 valence electrons. The number of hydrogen-bond donors (Lipinski definition) is 1. The van der Waals surface area contributed by atoms with E-state index in [0.717, 1.165) is 12.1 Å². The predicted octanol–water partition coefficient (Wildman–Crippen LogP) is 3.08. The summed E-state index contributed by atoms with van der Waals surface area (Å²) in [5.41, 5.74) is 0.101. The zero-order valence-electron chi connectivity index (χ0n) is 8.81. The standard InChI is InChI=1S/C11H13F4N/c1-16-7-6-10(11(13,14)15)8-2-4-9(12)5-3-8/h2-5,10,16H,6-7H2,1H3. The Bertz CT molecular complexity index is 318. The predicted molar refractivity (Wildman–Crippen MR) is 53.7 cm³/mol. The fourth-order valence-corrected chi connectivity index (χ4v) is 1.50. The van der Waals surface area contributed by atoms with Gasteiger partial charge in [-0.15, -0.1) is 0 Å². The molecule has 1 aromatic carbocycles. The van der Waals surface area contributed by atoms with Crippen LogP contribution in [0.1, 0.15) is 17.9 Å². The van der Waals surface area contributed by atoms with E-state index < -0.39 is 17.9 Å². The van der Waals surface area contributed by atoms with Gasteiger partial charge in [-0.05, 0) is 37.7 Å². The van der Waals surface area contributed by atoms with Gasteiger partial charge in [0.05, 0.1) is 5.92 Å². The lowest BCUT2D eigenvalue weighted by atomic mass is 9.95. The molecule has 1 nitrogen and oxygen atoms in total. The molecular weight excluding hydrogens is 222 g/mol. The van der Waals surface area contributed by atoms with Crippen LogP contribution in [0.15, 0.2) is 24.3 Å². The lowest BCUT2D eigenvalue weighted by Gasteiger charge is -2.20. The van der Waals surface area contributed by atoms with Crippen molar-refractivity contribution in [1.29, 1.82) is 0 Å². The molecule has 0 heterocycles. The van der Waals surface area contributed by atoms with Crippen LogP contribution in [0.2, 0.25) is 0 Å². The highest BCUT2D eigenvalue weighted by atomic mass is 19.4. The number of alkyl halides is 3. The Morgan fingerprint density at radius 3 is 2.19 bits per heavy atom. The van der Waals surface area contributed by atoms with Gasteiger partial charge in [0.1, 0.15) is 5.82 Å². The lowest BCUT2D eigenvalue weighted by molar-refractivity contribution is -0.151. The van der Waals surface area contributed by atoms with Gasteiger partial charge in [0.15, 0.2) is 0 Å². The summed E-state index contributed by atoms with van der Waals surface area (Å²) in [6.45, 7) is 0.265. The zero-order valence-corrected chi connectivity index (χ0v) is 8.81. The molecule has 0 amide bonds. The molecule has 0 aliphatic carbocycles. The first-order chi connectivity index (χ1) is 7.45. The van der Waals surface area contributed by atoms with Crippen LogP contribution < -0.4 is 5.32 Å². The Kier molecular flexibility index (Phi) is 4.29. The van der Waals surface area contributed by atoms with E-state index in [9.17, 15) is 17.6 Å². The van der Waals surface area contributed by atoms with Gasteiger partial charge < -0.3 is 5.32 Å². The second kappa shape index (κ2) is 5.30. The van der Waals surface area contributed by atoms with Gasteiger partial charge in [0.25, 0.3) is 0 Å². The molecular formula is C11H13F4N. The van der Waals surface area contributed by atoms with E-state index in [1.807, 2.05) is 0 Å². The number of rotatable bonds is 4. The van der Waals surface area contributed by atoms with Crippen LogP contribution in [0.25, 0.3) is 0 Å². The van der Waals surface area contributed by atoms with Crippen molar-refractivity contribution in [1.82, 2.24) is 5.32 Å². The van der Waals surface area contributed by atoms with Crippen molar-refractivity contribution in [3.63, 3.8) is 0 Å². The minimum absolute atomic E-state index is 0.0500. The first-order valence-electron chi connectivity index (χ1n) is 4.92. The smallest absolute Gasteiger partial charge is 0.320 e. The van der Waals surface area contributed by atoms with Gasteiger partial charge in [0, 0.05) is 0 Å². The molecule has 0 aliphatic rings. The highest BCUT2D eigenvalue weighted by Crippen LogP contribution is 2.37. The van der Waals surface area contributed by atoms with Gasteiger partial charge >= 0.3 is 6.18 Å². The van der Waals surface area contributed by atoms with Gasteiger partial charge in [-0.2, -0.15) is 13.2 Å². The van der Waals surface area contributed by atoms with Crippen LogP contribution in [0.4, 0.5) is 17.6 Å². The summed E-state index contributed by atoms with van der Waals surface area (Å²) in [6, 6.07) is 4.47. The number of nitrogens with one attached hydrogen (secondary N) is 1. The van der Waals surface area contributed by atoms with E-state index in [4.69, 9.17) is 0 Å². The topological polar surface area (TPSA) is 12.0 Å². The Hall–Kier alpha value is -1.10. The molecule has 0 radical (unpaired) electrons. The first-order valence-corrected chi connectivity index (χ1v) is 4.92. The molecule has 0 bridgehead atoms. The van der Waals surface area contributed by atoms with Crippen molar-refractivity contribution in [3.05, 3.63) is 35.6 Å². The maximum Gasteiger partial charge on any atom is 0.395 e. The van der Waals surface area contributed by atoms with Crippen molar-refractivity contribution in [3.8, 4) is 0 Å². The van der Waals surface area contributed by atoms with E-state index in [1.165, 1.54) is 12.1 Å². The van der Waals surface area contributed by atoms with Gasteiger partial charge in [-0.25, -0.2) is 4.39 Å². The van der Waals surface area contributed by atoms with Gasteiger partial charge in [-0.1, -0.05) is 12.1 Å². The normalized spacial score (nSPS) is 13.8. The Morgan fingerprint density at radius 2 is 1.75 bits per heavy atom. The Morgan fingerprint density at radius 1 is 1.19 bits per heavy atom. The SMILES string of the molecule is CNCCC(c1ccc(F)cc1)C(F)(F)F. The molecule has 5 heteroatoms. The van der Waals surface area contributed by atoms with Crippen LogP contribution >= 0.6 is 0 Å². The molecule has 1 N–H and O–H groups in total. The third-order valence-electron chi connectivity index (χ3n) is 2.35. The molecule has 0 aromatic heterocycles. The molecule has 0 saturated carbocycles. The van der Waals surface area contributed by atoms with Gasteiger partial charge in [0.2, 0.25) is 0 Å². The summed E-state index contributed by atoms with van der Waals surface area (Å²) in [6.07, 6.45) is -4.35. The van der Waals surface area contributed by atoms with E-state index in [0.29, 0.717) is 0 Å². The van der Waals surface area contributed by atoms with E-state index >= 15 is 0 Å². The molecule has 0 fully saturated rings. The quantitative estimate of drug-likeness (QED) is 0.791. The molecule has 0 saturated heterocycles. The van der Waals surface area contributed by atoms with Crippen LogP contribution in [-0.2, 0) is 0 Å². The second-order valence-electron chi connectivity index (χ2n) is 3.54. The molecule has 16 heavy (non-hydrogen) atoms. The van der Waals surface area contributed by atoms with Crippen molar-refractivity contribution >= 4 is 0 Å². The molecule has 1 unspecified atom stereocenters. The summed E-state index contributed by atoms with van der Waals surface area (Å²) in [5.74, 6) is -2.07. The monoisotopic (exact) mass is 235 g/mol. The average Bonchev–Trinajstić information content (AvgIpc) is 2.19. The summed E-state index contributed by atoms with van der Waals surface area (Å²) in [5, 5.41) is 2.68. The largest absolute Gasteiger partial charge is 0.395 e. The third kappa shape index (κ3) is 3.48. The molecule has 0 aliphatic heterocycles. The highest BCUT2D eigenvalue weighted by molar-refractivity contribution is 5.21. The minimum Gasteiger partial charge on any atom is -0.320 e.